The van der Waals surface area contributed by atoms with Crippen LogP contribution in [0.15, 0.2) is 24.3 Å². The Kier molecular flexibility index (Phi) is 4.56. The Morgan fingerprint density at radius 1 is 1.47 bits per heavy atom. The number of benzene rings is 1. The van der Waals surface area contributed by atoms with Crippen LogP contribution >= 0.6 is 11.6 Å². The van der Waals surface area contributed by atoms with Crippen LogP contribution in [-0.4, -0.2) is 18.6 Å². The fraction of sp³-hybridized carbons (Fsp3) is 0.364. The minimum atomic E-state index is -0.705. The standard InChI is InChI=1S/C11H12ClFO2/c1-8(14)6-11(7-13)15-10-4-2-9(12)3-5-10/h2-5,11H,6-7H2,1H3. The first kappa shape index (κ1) is 12.0. The molecule has 1 aromatic carbocycles. The molecule has 1 rings (SSSR count). The number of hydrogen-bond donors (Lipinski definition) is 0. The first-order chi connectivity index (χ1) is 7.11. The van der Waals surface area contributed by atoms with Crippen molar-refractivity contribution in [3.8, 4) is 5.75 Å². The van der Waals surface area contributed by atoms with Crippen molar-refractivity contribution in [2.45, 2.75) is 19.4 Å². The van der Waals surface area contributed by atoms with E-state index < -0.39 is 12.8 Å². The Morgan fingerprint density at radius 3 is 2.53 bits per heavy atom. The second kappa shape index (κ2) is 5.71. The van der Waals surface area contributed by atoms with Gasteiger partial charge in [0.05, 0.1) is 0 Å². The molecule has 2 nitrogen and oxygen atoms in total. The molecule has 0 saturated carbocycles. The molecular formula is C11H12ClFO2. The highest BCUT2D eigenvalue weighted by Crippen LogP contribution is 2.17. The predicted octanol–water partition coefficient (Wildman–Crippen LogP) is 3.04. The summed E-state index contributed by atoms with van der Waals surface area (Å²) in [5.74, 6) is 0.426. The van der Waals surface area contributed by atoms with Gasteiger partial charge in [-0.3, -0.25) is 4.79 Å². The third kappa shape index (κ3) is 4.30. The van der Waals surface area contributed by atoms with Gasteiger partial charge in [-0.25, -0.2) is 4.39 Å². The zero-order valence-electron chi connectivity index (χ0n) is 8.37. The second-order valence-electron chi connectivity index (χ2n) is 3.25. The van der Waals surface area contributed by atoms with Crippen LogP contribution in [0.4, 0.5) is 4.39 Å². The highest BCUT2D eigenvalue weighted by Gasteiger charge is 2.12. The van der Waals surface area contributed by atoms with E-state index in [9.17, 15) is 9.18 Å². The summed E-state index contributed by atoms with van der Waals surface area (Å²) in [6.45, 7) is 0.732. The van der Waals surface area contributed by atoms with Crippen molar-refractivity contribution >= 4 is 17.4 Å². The van der Waals surface area contributed by atoms with E-state index >= 15 is 0 Å². The van der Waals surface area contributed by atoms with E-state index in [1.165, 1.54) is 6.92 Å². The lowest BCUT2D eigenvalue weighted by Gasteiger charge is -2.14. The molecular weight excluding hydrogens is 219 g/mol. The summed E-state index contributed by atoms with van der Waals surface area (Å²) in [5, 5.41) is 0.589. The Labute approximate surface area is 93.0 Å². The van der Waals surface area contributed by atoms with Crippen molar-refractivity contribution in [3.05, 3.63) is 29.3 Å². The average molecular weight is 231 g/mol. The molecule has 1 unspecified atom stereocenters. The Morgan fingerprint density at radius 2 is 2.07 bits per heavy atom. The van der Waals surface area contributed by atoms with Gasteiger partial charge in [0.15, 0.2) is 0 Å². The van der Waals surface area contributed by atoms with E-state index in [0.29, 0.717) is 10.8 Å². The number of Topliss-reactive ketones (excluding diaryl/α,β-unsaturated/α-hetero) is 1. The summed E-state index contributed by atoms with van der Waals surface area (Å²) >= 11 is 5.68. The van der Waals surface area contributed by atoms with Gasteiger partial charge in [-0.1, -0.05) is 11.6 Å². The average Bonchev–Trinajstić information content (AvgIpc) is 2.19. The van der Waals surface area contributed by atoms with Gasteiger partial charge in [-0.05, 0) is 31.2 Å². The third-order valence-corrected chi connectivity index (χ3v) is 2.06. The molecule has 0 fully saturated rings. The molecule has 0 aliphatic heterocycles. The smallest absolute Gasteiger partial charge is 0.134 e. The fourth-order valence-corrected chi connectivity index (χ4v) is 1.28. The number of carbonyl (C=O) groups is 1. The van der Waals surface area contributed by atoms with Crippen LogP contribution in [0.3, 0.4) is 0 Å². The van der Waals surface area contributed by atoms with Gasteiger partial charge in [-0.2, -0.15) is 0 Å². The predicted molar refractivity (Wildman–Crippen MR) is 57.1 cm³/mol. The molecule has 1 aromatic rings. The molecule has 0 N–H and O–H groups in total. The van der Waals surface area contributed by atoms with E-state index in [2.05, 4.69) is 0 Å². The number of hydrogen-bond acceptors (Lipinski definition) is 2. The SMILES string of the molecule is CC(=O)CC(CF)Oc1ccc(Cl)cc1. The molecule has 0 bridgehead atoms. The van der Waals surface area contributed by atoms with Crippen LogP contribution in [0.5, 0.6) is 5.75 Å². The van der Waals surface area contributed by atoms with Crippen molar-refractivity contribution in [2.75, 3.05) is 6.67 Å². The molecule has 0 amide bonds. The zero-order valence-corrected chi connectivity index (χ0v) is 9.13. The van der Waals surface area contributed by atoms with Gasteiger partial charge in [0.25, 0.3) is 0 Å². The van der Waals surface area contributed by atoms with Gasteiger partial charge in [-0.15, -0.1) is 0 Å². The van der Waals surface area contributed by atoms with Crippen molar-refractivity contribution in [2.24, 2.45) is 0 Å². The Hall–Kier alpha value is -1.09. The number of rotatable bonds is 5. The number of ether oxygens (including phenoxy) is 1. The summed E-state index contributed by atoms with van der Waals surface area (Å²) in [7, 11) is 0. The summed E-state index contributed by atoms with van der Waals surface area (Å²) in [6.07, 6.45) is -0.622. The molecule has 0 aliphatic rings. The highest BCUT2D eigenvalue weighted by molar-refractivity contribution is 6.30. The van der Waals surface area contributed by atoms with E-state index in [0.717, 1.165) is 0 Å². The molecule has 0 spiro atoms. The van der Waals surface area contributed by atoms with Crippen LogP contribution in [-0.2, 0) is 4.79 Å². The van der Waals surface area contributed by atoms with Gasteiger partial charge in [0.2, 0.25) is 0 Å². The molecule has 0 saturated heterocycles. The topological polar surface area (TPSA) is 26.3 Å². The van der Waals surface area contributed by atoms with Crippen LogP contribution in [0.25, 0.3) is 0 Å². The molecule has 0 aromatic heterocycles. The van der Waals surface area contributed by atoms with Gasteiger partial charge >= 0.3 is 0 Å². The van der Waals surface area contributed by atoms with Crippen molar-refractivity contribution in [1.82, 2.24) is 0 Å². The number of halogens is 2. The normalized spacial score (nSPS) is 12.2. The molecule has 82 valence electrons. The van der Waals surface area contributed by atoms with E-state index in [-0.39, 0.29) is 12.2 Å². The molecule has 15 heavy (non-hydrogen) atoms. The largest absolute Gasteiger partial charge is 0.487 e. The number of ketones is 1. The van der Waals surface area contributed by atoms with Crippen molar-refractivity contribution in [3.63, 3.8) is 0 Å². The van der Waals surface area contributed by atoms with E-state index in [1.807, 2.05) is 0 Å². The molecule has 4 heteroatoms. The quantitative estimate of drug-likeness (QED) is 0.777. The van der Waals surface area contributed by atoms with Gasteiger partial charge in [0.1, 0.15) is 24.3 Å². The van der Waals surface area contributed by atoms with E-state index in [4.69, 9.17) is 16.3 Å². The van der Waals surface area contributed by atoms with Crippen LogP contribution in [0.2, 0.25) is 5.02 Å². The maximum atomic E-state index is 12.5. The maximum absolute atomic E-state index is 12.5. The van der Waals surface area contributed by atoms with Gasteiger partial charge < -0.3 is 4.74 Å². The Balaban J connectivity index is 2.58. The van der Waals surface area contributed by atoms with E-state index in [1.54, 1.807) is 24.3 Å². The summed E-state index contributed by atoms with van der Waals surface area (Å²) in [4.78, 5) is 10.8. The monoisotopic (exact) mass is 230 g/mol. The first-order valence-corrected chi connectivity index (χ1v) is 4.97. The lowest BCUT2D eigenvalue weighted by Crippen LogP contribution is -2.21. The van der Waals surface area contributed by atoms with Crippen molar-refractivity contribution in [1.29, 1.82) is 0 Å². The molecule has 1 atom stereocenters. The maximum Gasteiger partial charge on any atom is 0.134 e. The zero-order chi connectivity index (χ0) is 11.3. The minimum absolute atomic E-state index is 0.0825. The summed E-state index contributed by atoms with van der Waals surface area (Å²) in [6, 6.07) is 6.59. The van der Waals surface area contributed by atoms with Crippen LogP contribution in [0, 0.1) is 0 Å². The van der Waals surface area contributed by atoms with Crippen molar-refractivity contribution < 1.29 is 13.9 Å². The summed E-state index contributed by atoms with van der Waals surface area (Å²) < 4.78 is 17.8. The van der Waals surface area contributed by atoms with Crippen LogP contribution < -0.4 is 4.74 Å². The second-order valence-corrected chi connectivity index (χ2v) is 3.69. The summed E-state index contributed by atoms with van der Waals surface area (Å²) in [5.41, 5.74) is 0. The van der Waals surface area contributed by atoms with Gasteiger partial charge in [0, 0.05) is 11.4 Å². The lowest BCUT2D eigenvalue weighted by atomic mass is 10.2. The highest BCUT2D eigenvalue weighted by atomic mass is 35.5. The molecule has 0 heterocycles. The minimum Gasteiger partial charge on any atom is -0.487 e. The number of alkyl halides is 1. The molecule has 0 radical (unpaired) electrons. The van der Waals surface area contributed by atoms with Crippen LogP contribution in [0.1, 0.15) is 13.3 Å². The molecule has 0 aliphatic carbocycles. The fourth-order valence-electron chi connectivity index (χ4n) is 1.15. The number of carbonyl (C=O) groups excluding carboxylic acids is 1. The Bertz CT molecular complexity index is 324. The first-order valence-electron chi connectivity index (χ1n) is 4.59. The lowest BCUT2D eigenvalue weighted by molar-refractivity contribution is -0.118. The third-order valence-electron chi connectivity index (χ3n) is 1.80.